The van der Waals surface area contributed by atoms with Crippen molar-refractivity contribution < 1.29 is 23.8 Å². The standard InChI is InChI=1S/C13H27N2O5P/c1-3-4-5-6-11(14)15-12(16)7-9-21(18,19)10-8-13(17)20-2/h11H,3-10,14H2,1-2H3,(H,15,16)(H,18,19). The largest absolute Gasteiger partial charge is 0.469 e. The van der Waals surface area contributed by atoms with Gasteiger partial charge in [0, 0.05) is 18.7 Å². The quantitative estimate of drug-likeness (QED) is 0.227. The Balaban J connectivity index is 3.94. The van der Waals surface area contributed by atoms with E-state index < -0.39 is 19.5 Å². The van der Waals surface area contributed by atoms with Gasteiger partial charge in [-0.2, -0.15) is 0 Å². The average Bonchev–Trinajstić information content (AvgIpc) is 2.43. The van der Waals surface area contributed by atoms with Crippen molar-refractivity contribution >= 4 is 19.2 Å². The van der Waals surface area contributed by atoms with Crippen LogP contribution in [0.5, 0.6) is 0 Å². The summed E-state index contributed by atoms with van der Waals surface area (Å²) in [5, 5.41) is 2.60. The van der Waals surface area contributed by atoms with Gasteiger partial charge in [-0.3, -0.25) is 14.2 Å². The predicted molar refractivity (Wildman–Crippen MR) is 81.1 cm³/mol. The number of hydrogen-bond acceptors (Lipinski definition) is 5. The topological polar surface area (TPSA) is 119 Å². The highest BCUT2D eigenvalue weighted by molar-refractivity contribution is 7.58. The van der Waals surface area contributed by atoms with E-state index in [0.29, 0.717) is 6.42 Å². The molecule has 0 aromatic rings. The Bertz CT molecular complexity index is 376. The molecule has 0 aliphatic rings. The Hall–Kier alpha value is -0.910. The summed E-state index contributed by atoms with van der Waals surface area (Å²) in [5.41, 5.74) is 5.75. The maximum Gasteiger partial charge on any atom is 0.306 e. The molecule has 0 aliphatic heterocycles. The first-order valence-electron chi connectivity index (χ1n) is 7.23. The van der Waals surface area contributed by atoms with E-state index in [1.54, 1.807) is 0 Å². The van der Waals surface area contributed by atoms with Crippen LogP contribution in [0.15, 0.2) is 0 Å². The van der Waals surface area contributed by atoms with Gasteiger partial charge in [-0.1, -0.05) is 26.2 Å². The first kappa shape index (κ1) is 20.1. The lowest BCUT2D eigenvalue weighted by atomic mass is 10.2. The molecular weight excluding hydrogens is 295 g/mol. The molecule has 0 aromatic carbocycles. The highest BCUT2D eigenvalue weighted by atomic mass is 31.2. The number of nitrogens with two attached hydrogens (primary N) is 1. The number of hydrogen-bond donors (Lipinski definition) is 3. The van der Waals surface area contributed by atoms with Crippen LogP contribution in [0.3, 0.4) is 0 Å². The molecule has 0 spiro atoms. The van der Waals surface area contributed by atoms with Crippen LogP contribution in [-0.2, 0) is 18.9 Å². The molecule has 0 radical (unpaired) electrons. The molecule has 0 bridgehead atoms. The summed E-state index contributed by atoms with van der Waals surface area (Å²) >= 11 is 0. The Morgan fingerprint density at radius 2 is 1.90 bits per heavy atom. The minimum absolute atomic E-state index is 0.0730. The molecule has 124 valence electrons. The maximum atomic E-state index is 11.8. The molecule has 21 heavy (non-hydrogen) atoms. The van der Waals surface area contributed by atoms with Gasteiger partial charge in [-0.25, -0.2) is 0 Å². The van der Waals surface area contributed by atoms with Crippen LogP contribution in [0.1, 0.15) is 45.4 Å². The zero-order valence-electron chi connectivity index (χ0n) is 12.8. The summed E-state index contributed by atoms with van der Waals surface area (Å²) < 4.78 is 16.2. The summed E-state index contributed by atoms with van der Waals surface area (Å²) in [6, 6.07) is 0. The number of ether oxygens (including phenoxy) is 1. The highest BCUT2D eigenvalue weighted by Gasteiger charge is 2.21. The van der Waals surface area contributed by atoms with E-state index in [4.69, 9.17) is 5.73 Å². The third kappa shape index (κ3) is 11.4. The zero-order valence-corrected chi connectivity index (χ0v) is 13.7. The summed E-state index contributed by atoms with van der Waals surface area (Å²) in [7, 11) is -2.27. The van der Waals surface area contributed by atoms with E-state index in [0.717, 1.165) is 19.3 Å². The highest BCUT2D eigenvalue weighted by Crippen LogP contribution is 2.41. The van der Waals surface area contributed by atoms with Crippen molar-refractivity contribution in [2.24, 2.45) is 5.73 Å². The number of esters is 1. The van der Waals surface area contributed by atoms with E-state index in [9.17, 15) is 19.0 Å². The molecule has 2 unspecified atom stereocenters. The van der Waals surface area contributed by atoms with Gasteiger partial charge in [-0.05, 0) is 6.42 Å². The van der Waals surface area contributed by atoms with Gasteiger partial charge in [0.1, 0.15) is 0 Å². The molecule has 0 heterocycles. The SMILES string of the molecule is CCCCCC(N)NC(=O)CCP(=O)(O)CCC(=O)OC. The Kier molecular flexibility index (Phi) is 10.3. The molecular formula is C13H27N2O5P. The molecule has 0 saturated heterocycles. The summed E-state index contributed by atoms with van der Waals surface area (Å²) in [6.45, 7) is 2.08. The summed E-state index contributed by atoms with van der Waals surface area (Å²) in [6.07, 6.45) is 2.83. The molecule has 0 aliphatic carbocycles. The summed E-state index contributed by atoms with van der Waals surface area (Å²) in [4.78, 5) is 32.2. The minimum Gasteiger partial charge on any atom is -0.469 e. The van der Waals surface area contributed by atoms with Crippen molar-refractivity contribution in [3.8, 4) is 0 Å². The third-order valence-electron chi connectivity index (χ3n) is 3.05. The Morgan fingerprint density at radius 1 is 1.29 bits per heavy atom. The van der Waals surface area contributed by atoms with E-state index in [1.165, 1.54) is 7.11 Å². The number of carbonyl (C=O) groups excluding carboxylic acids is 2. The summed E-state index contributed by atoms with van der Waals surface area (Å²) in [5.74, 6) is -0.877. The minimum atomic E-state index is -3.49. The van der Waals surface area contributed by atoms with Crippen LogP contribution < -0.4 is 11.1 Å². The van der Waals surface area contributed by atoms with Gasteiger partial charge >= 0.3 is 5.97 Å². The monoisotopic (exact) mass is 322 g/mol. The van der Waals surface area contributed by atoms with Gasteiger partial charge in [-0.15, -0.1) is 0 Å². The third-order valence-corrected chi connectivity index (χ3v) is 4.89. The fourth-order valence-corrected chi connectivity index (χ4v) is 3.03. The number of amides is 1. The smallest absolute Gasteiger partial charge is 0.306 e. The zero-order chi connectivity index (χ0) is 16.3. The second-order valence-electron chi connectivity index (χ2n) is 5.04. The fourth-order valence-electron chi connectivity index (χ4n) is 1.72. The van der Waals surface area contributed by atoms with Crippen LogP contribution in [-0.4, -0.2) is 42.4 Å². The number of nitrogens with one attached hydrogen (secondary N) is 1. The van der Waals surface area contributed by atoms with Crippen molar-refractivity contribution in [1.82, 2.24) is 5.32 Å². The van der Waals surface area contributed by atoms with Crippen molar-refractivity contribution in [3.05, 3.63) is 0 Å². The lowest BCUT2D eigenvalue weighted by Gasteiger charge is -2.15. The first-order valence-corrected chi connectivity index (χ1v) is 9.26. The van der Waals surface area contributed by atoms with Gasteiger partial charge in [0.05, 0.1) is 19.7 Å². The Labute approximate surface area is 126 Å². The average molecular weight is 322 g/mol. The number of methoxy groups -OCH3 is 1. The molecule has 7 nitrogen and oxygen atoms in total. The van der Waals surface area contributed by atoms with Crippen LogP contribution in [0.2, 0.25) is 0 Å². The number of rotatable bonds is 11. The number of unbranched alkanes of at least 4 members (excludes halogenated alkanes) is 2. The van der Waals surface area contributed by atoms with E-state index in [2.05, 4.69) is 17.0 Å². The van der Waals surface area contributed by atoms with Gasteiger partial charge in [0.2, 0.25) is 13.3 Å². The molecule has 4 N–H and O–H groups in total. The second-order valence-corrected chi connectivity index (χ2v) is 7.63. The van der Waals surface area contributed by atoms with E-state index >= 15 is 0 Å². The predicted octanol–water partition coefficient (Wildman–Crippen LogP) is 1.19. The van der Waals surface area contributed by atoms with Crippen molar-refractivity contribution in [2.45, 2.75) is 51.6 Å². The molecule has 0 rings (SSSR count). The van der Waals surface area contributed by atoms with Crippen molar-refractivity contribution in [3.63, 3.8) is 0 Å². The van der Waals surface area contributed by atoms with Crippen LogP contribution in [0, 0.1) is 0 Å². The van der Waals surface area contributed by atoms with Gasteiger partial charge in [0.15, 0.2) is 0 Å². The molecule has 0 saturated carbocycles. The molecule has 1 amide bonds. The molecule has 8 heteroatoms. The van der Waals surface area contributed by atoms with Gasteiger partial charge < -0.3 is 20.7 Å². The lowest BCUT2D eigenvalue weighted by Crippen LogP contribution is -2.41. The van der Waals surface area contributed by atoms with Crippen molar-refractivity contribution in [1.29, 1.82) is 0 Å². The Morgan fingerprint density at radius 3 is 2.48 bits per heavy atom. The van der Waals surface area contributed by atoms with Crippen molar-refractivity contribution in [2.75, 3.05) is 19.4 Å². The van der Waals surface area contributed by atoms with Crippen LogP contribution in [0.4, 0.5) is 0 Å². The second kappa shape index (κ2) is 10.8. The van der Waals surface area contributed by atoms with E-state index in [1.807, 2.05) is 0 Å². The van der Waals surface area contributed by atoms with E-state index in [-0.39, 0.29) is 31.1 Å². The first-order chi connectivity index (χ1) is 9.80. The van der Waals surface area contributed by atoms with Crippen LogP contribution >= 0.6 is 7.37 Å². The van der Waals surface area contributed by atoms with Gasteiger partial charge in [0.25, 0.3) is 0 Å². The molecule has 0 aromatic heterocycles. The number of carbonyl (C=O) groups is 2. The normalized spacial score (nSPS) is 15.0. The molecule has 2 atom stereocenters. The molecule has 0 fully saturated rings. The maximum absolute atomic E-state index is 11.8. The van der Waals surface area contributed by atoms with Crippen LogP contribution in [0.25, 0.3) is 0 Å². The lowest BCUT2D eigenvalue weighted by molar-refractivity contribution is -0.140. The fraction of sp³-hybridized carbons (Fsp3) is 0.846.